The third-order valence-electron chi connectivity index (χ3n) is 6.40. The average Bonchev–Trinajstić information content (AvgIpc) is 3.36. The van der Waals surface area contributed by atoms with Crippen LogP contribution in [0.15, 0.2) is 78.6 Å². The van der Waals surface area contributed by atoms with E-state index in [-0.39, 0.29) is 12.0 Å². The van der Waals surface area contributed by atoms with E-state index in [9.17, 15) is 4.79 Å². The molecule has 4 aromatic rings. The van der Waals surface area contributed by atoms with Crippen LogP contribution in [0, 0.1) is 6.92 Å². The number of fused-ring (bicyclic) bond motifs is 3. The van der Waals surface area contributed by atoms with Gasteiger partial charge in [0, 0.05) is 16.2 Å². The van der Waals surface area contributed by atoms with E-state index in [1.807, 2.05) is 35.0 Å². The zero-order valence-corrected chi connectivity index (χ0v) is 19.8. The first-order valence-corrected chi connectivity index (χ1v) is 11.5. The van der Waals surface area contributed by atoms with Gasteiger partial charge in [0.05, 0.1) is 18.4 Å². The molecule has 8 heteroatoms. The highest BCUT2D eigenvalue weighted by atomic mass is 35.5. The number of methoxy groups -OCH3 is 1. The molecule has 0 spiro atoms. The van der Waals surface area contributed by atoms with Crippen LogP contribution in [-0.2, 0) is 4.74 Å². The molecular weight excluding hydrogens is 464 g/mol. The lowest BCUT2D eigenvalue weighted by Gasteiger charge is -2.39. The summed E-state index contributed by atoms with van der Waals surface area (Å²) < 4.78 is 13.3. The first kappa shape index (κ1) is 21.4. The Labute approximate surface area is 207 Å². The van der Waals surface area contributed by atoms with Gasteiger partial charge in [-0.3, -0.25) is 0 Å². The molecule has 6 rings (SSSR count). The summed E-state index contributed by atoms with van der Waals surface area (Å²) in [4.78, 5) is 16.4. The largest absolute Gasteiger partial charge is 0.480 e. The maximum Gasteiger partial charge on any atom is 0.337 e. The molecule has 2 atom stereocenters. The summed E-state index contributed by atoms with van der Waals surface area (Å²) >= 11 is 6.39. The highest BCUT2D eigenvalue weighted by Gasteiger charge is 2.41. The quantitative estimate of drug-likeness (QED) is 0.382. The zero-order valence-electron chi connectivity index (χ0n) is 19.0. The molecule has 3 aromatic carbocycles. The number of hydrogen-bond acceptors (Lipinski definition) is 6. The number of esters is 1. The number of aromatic nitrogens is 3. The molecule has 0 bridgehead atoms. The van der Waals surface area contributed by atoms with Crippen LogP contribution in [-0.4, -0.2) is 27.8 Å². The lowest BCUT2D eigenvalue weighted by molar-refractivity contribution is 0.0600. The van der Waals surface area contributed by atoms with Crippen LogP contribution in [0.1, 0.15) is 44.8 Å². The van der Waals surface area contributed by atoms with Crippen molar-refractivity contribution in [3.05, 3.63) is 111 Å². The standard InChI is InChI=1S/C27H21ClN4O3/c1-15-3-5-16(6-4-15)24-22-23(31-27-29-14-30-32(24)27)20-13-19(28)11-12-21(20)35-25(22)17-7-9-18(10-8-17)26(33)34-2/h3-14,24-25H,1-2H3,(H,29,30,31)/t24-,25+/m0/s1. The molecule has 0 radical (unpaired) electrons. The number of halogens is 1. The summed E-state index contributed by atoms with van der Waals surface area (Å²) in [7, 11) is 1.37. The Morgan fingerprint density at radius 2 is 1.80 bits per heavy atom. The molecule has 0 saturated carbocycles. The van der Waals surface area contributed by atoms with Gasteiger partial charge in [-0.25, -0.2) is 9.48 Å². The first-order chi connectivity index (χ1) is 17.0. The van der Waals surface area contributed by atoms with Gasteiger partial charge in [0.2, 0.25) is 5.95 Å². The number of benzene rings is 3. The fourth-order valence-electron chi connectivity index (χ4n) is 4.70. The summed E-state index contributed by atoms with van der Waals surface area (Å²) in [6, 6.07) is 21.0. The van der Waals surface area contributed by atoms with Crippen LogP contribution in [0.25, 0.3) is 5.70 Å². The van der Waals surface area contributed by atoms with Crippen molar-refractivity contribution in [1.82, 2.24) is 14.8 Å². The van der Waals surface area contributed by atoms with Gasteiger partial charge >= 0.3 is 5.97 Å². The minimum absolute atomic E-state index is 0.262. The predicted octanol–water partition coefficient (Wildman–Crippen LogP) is 5.59. The Hall–Kier alpha value is -4.10. The minimum atomic E-state index is -0.443. The highest BCUT2D eigenvalue weighted by Crippen LogP contribution is 2.51. The molecule has 2 aliphatic heterocycles. The smallest absolute Gasteiger partial charge is 0.337 e. The molecule has 0 aliphatic carbocycles. The van der Waals surface area contributed by atoms with Crippen molar-refractivity contribution in [2.24, 2.45) is 0 Å². The normalized spacial score (nSPS) is 18.0. The SMILES string of the molecule is COC(=O)c1ccc([C@H]2Oc3ccc(Cl)cc3C3=C2[C@H](c2ccc(C)cc2)n2ncnc2N3)cc1. The van der Waals surface area contributed by atoms with E-state index in [0.29, 0.717) is 22.3 Å². The van der Waals surface area contributed by atoms with E-state index in [2.05, 4.69) is 46.6 Å². The molecule has 1 aromatic heterocycles. The lowest BCUT2D eigenvalue weighted by atomic mass is 9.84. The van der Waals surface area contributed by atoms with Gasteiger partial charge in [-0.05, 0) is 48.4 Å². The van der Waals surface area contributed by atoms with E-state index in [1.54, 1.807) is 18.5 Å². The number of carbonyl (C=O) groups excluding carboxylic acids is 1. The molecule has 0 saturated heterocycles. The van der Waals surface area contributed by atoms with Crippen LogP contribution in [0.3, 0.4) is 0 Å². The summed E-state index contributed by atoms with van der Waals surface area (Å²) in [5.74, 6) is 0.963. The number of hydrogen-bond donors (Lipinski definition) is 1. The minimum Gasteiger partial charge on any atom is -0.480 e. The van der Waals surface area contributed by atoms with Gasteiger partial charge in [-0.15, -0.1) is 0 Å². The van der Waals surface area contributed by atoms with Crippen LogP contribution < -0.4 is 10.1 Å². The predicted molar refractivity (Wildman–Crippen MR) is 132 cm³/mol. The lowest BCUT2D eigenvalue weighted by Crippen LogP contribution is -2.32. The van der Waals surface area contributed by atoms with Gasteiger partial charge in [0.1, 0.15) is 24.2 Å². The van der Waals surface area contributed by atoms with Crippen molar-refractivity contribution in [2.45, 2.75) is 19.1 Å². The Morgan fingerprint density at radius 1 is 1.06 bits per heavy atom. The van der Waals surface area contributed by atoms with Gasteiger partial charge in [-0.1, -0.05) is 53.6 Å². The Morgan fingerprint density at radius 3 is 2.54 bits per heavy atom. The number of aryl methyl sites for hydroxylation is 1. The third kappa shape index (κ3) is 3.56. The monoisotopic (exact) mass is 484 g/mol. The molecular formula is C27H21ClN4O3. The molecule has 174 valence electrons. The third-order valence-corrected chi connectivity index (χ3v) is 6.64. The summed E-state index contributed by atoms with van der Waals surface area (Å²) in [6.45, 7) is 2.06. The van der Waals surface area contributed by atoms with Crippen molar-refractivity contribution in [3.63, 3.8) is 0 Å². The first-order valence-electron chi connectivity index (χ1n) is 11.2. The van der Waals surface area contributed by atoms with Crippen LogP contribution in [0.4, 0.5) is 5.95 Å². The number of nitrogens with one attached hydrogen (secondary N) is 1. The van der Waals surface area contributed by atoms with Crippen molar-refractivity contribution in [1.29, 1.82) is 0 Å². The second kappa shape index (κ2) is 8.29. The van der Waals surface area contributed by atoms with Gasteiger partial charge < -0.3 is 14.8 Å². The molecule has 0 fully saturated rings. The average molecular weight is 485 g/mol. The van der Waals surface area contributed by atoms with Crippen molar-refractivity contribution in [2.75, 3.05) is 12.4 Å². The topological polar surface area (TPSA) is 78.3 Å². The van der Waals surface area contributed by atoms with Crippen LogP contribution >= 0.6 is 11.6 Å². The number of ether oxygens (including phenoxy) is 2. The molecule has 1 N–H and O–H groups in total. The zero-order chi connectivity index (χ0) is 24.1. The molecule has 0 amide bonds. The molecule has 3 heterocycles. The van der Waals surface area contributed by atoms with E-state index in [4.69, 9.17) is 21.1 Å². The fraction of sp³-hybridized carbons (Fsp3) is 0.148. The van der Waals surface area contributed by atoms with Gasteiger partial charge in [0.25, 0.3) is 0 Å². The number of anilines is 1. The second-order valence-corrected chi connectivity index (χ2v) is 8.99. The van der Waals surface area contributed by atoms with Gasteiger partial charge in [-0.2, -0.15) is 10.1 Å². The van der Waals surface area contributed by atoms with E-state index < -0.39 is 6.10 Å². The van der Waals surface area contributed by atoms with Crippen molar-refractivity contribution >= 4 is 29.2 Å². The summed E-state index contributed by atoms with van der Waals surface area (Å²) in [5.41, 5.74) is 6.33. The Kier molecular flexibility index (Phi) is 5.07. The van der Waals surface area contributed by atoms with Crippen molar-refractivity contribution < 1.29 is 14.3 Å². The van der Waals surface area contributed by atoms with E-state index in [0.717, 1.165) is 28.0 Å². The summed E-state index contributed by atoms with van der Waals surface area (Å²) in [5, 5.41) is 8.62. The number of carbonyl (C=O) groups is 1. The molecule has 0 unspecified atom stereocenters. The molecule has 35 heavy (non-hydrogen) atoms. The maximum atomic E-state index is 12.0. The van der Waals surface area contributed by atoms with E-state index >= 15 is 0 Å². The second-order valence-electron chi connectivity index (χ2n) is 8.55. The van der Waals surface area contributed by atoms with Gasteiger partial charge in [0.15, 0.2) is 0 Å². The Bertz CT molecular complexity index is 1480. The number of rotatable bonds is 3. The number of nitrogens with zero attached hydrogens (tertiary/aromatic N) is 3. The molecule has 7 nitrogen and oxygen atoms in total. The van der Waals surface area contributed by atoms with E-state index in [1.165, 1.54) is 12.7 Å². The Balaban J connectivity index is 1.57. The highest BCUT2D eigenvalue weighted by molar-refractivity contribution is 6.30. The maximum absolute atomic E-state index is 12.0. The summed E-state index contributed by atoms with van der Waals surface area (Å²) in [6.07, 6.45) is 1.10. The van der Waals surface area contributed by atoms with Crippen molar-refractivity contribution in [3.8, 4) is 5.75 Å². The fourth-order valence-corrected chi connectivity index (χ4v) is 4.87. The molecule has 2 aliphatic rings. The van der Waals surface area contributed by atoms with Crippen LogP contribution in [0.5, 0.6) is 5.75 Å². The van der Waals surface area contributed by atoms with Crippen LogP contribution in [0.2, 0.25) is 5.02 Å².